The van der Waals surface area contributed by atoms with E-state index in [0.29, 0.717) is 60.8 Å². The summed E-state index contributed by atoms with van der Waals surface area (Å²) in [6.45, 7) is 19.4. The number of amides is 5. The lowest BCUT2D eigenvalue weighted by molar-refractivity contribution is -0.144. The third kappa shape index (κ3) is 14.3. The molecule has 0 aliphatic carbocycles. The van der Waals surface area contributed by atoms with Crippen LogP contribution in [0.2, 0.25) is 0 Å². The number of benzene rings is 4. The largest absolute Gasteiger partial charge is 0.391 e. The number of aliphatic hydroxyl groups excluding tert-OH is 1. The van der Waals surface area contributed by atoms with E-state index >= 15 is 0 Å². The smallest absolute Gasteiger partial charge is 0.272 e. The molecule has 0 bridgehead atoms. The molecule has 0 spiro atoms. The molecule has 4 aromatic carbocycles. The van der Waals surface area contributed by atoms with Crippen molar-refractivity contribution in [3.8, 4) is 21.7 Å². The first kappa shape index (κ1) is 57.8. The maximum atomic E-state index is 14.1. The molecule has 2 aliphatic heterocycles. The van der Waals surface area contributed by atoms with E-state index in [0.717, 1.165) is 56.9 Å². The third-order valence-electron chi connectivity index (χ3n) is 15.1. The van der Waals surface area contributed by atoms with E-state index < -0.39 is 29.5 Å². The number of thiazole rings is 1. The summed E-state index contributed by atoms with van der Waals surface area (Å²) < 4.78 is 1.53. The molecule has 0 unspecified atom stereocenters. The molecule has 16 nitrogen and oxygen atoms in total. The van der Waals surface area contributed by atoms with Crippen LogP contribution < -0.4 is 21.5 Å². The van der Waals surface area contributed by atoms with Gasteiger partial charge in [0.05, 0.1) is 27.9 Å². The topological polar surface area (TPSA) is 199 Å². The number of carbonyl (C=O) groups excluding carboxylic acids is 5. The Labute approximate surface area is 467 Å². The van der Waals surface area contributed by atoms with Gasteiger partial charge in [-0.2, -0.15) is 0 Å². The van der Waals surface area contributed by atoms with E-state index in [1.165, 1.54) is 9.47 Å². The van der Waals surface area contributed by atoms with Gasteiger partial charge >= 0.3 is 0 Å². The first-order chi connectivity index (χ1) is 37.5. The van der Waals surface area contributed by atoms with Crippen LogP contribution in [0, 0.1) is 19.3 Å². The molecule has 2 saturated heterocycles. The predicted octanol–water partition coefficient (Wildman–Crippen LogP) is 8.07. The second kappa shape index (κ2) is 24.8. The number of nitrogens with one attached hydrogen (secondary N) is 3. The number of aromatic nitrogens is 3. The number of anilines is 1. The Bertz CT molecular complexity index is 3220. The van der Waals surface area contributed by atoms with Crippen molar-refractivity contribution in [3.05, 3.63) is 158 Å². The third-order valence-corrected chi connectivity index (χ3v) is 16.1. The van der Waals surface area contributed by atoms with Crippen LogP contribution in [0.25, 0.3) is 21.7 Å². The zero-order valence-corrected chi connectivity index (χ0v) is 47.8. The van der Waals surface area contributed by atoms with Crippen molar-refractivity contribution < 1.29 is 29.1 Å². The average Bonchev–Trinajstić information content (AvgIpc) is 4.06. The number of carbonyl (C=O) groups is 5. The summed E-state index contributed by atoms with van der Waals surface area (Å²) in [5.41, 5.74) is 10.1. The SMILES string of the molecule is Cc1ncsc1-c1ccc(CNC(=O)[C@@H]2C[C@@H](O)CN2C(=O)[C@@H](NC(=O)CCCCN2CCN(C(=O)c3ccc(Cc4nc(-c5cccc(NC(=O)c6ccc(C(C)(C)C)cc6)c5C)cn(C)c4=O)cc3)CC2)C(C)(C)C)cc1. The Balaban J connectivity index is 0.778. The van der Waals surface area contributed by atoms with Gasteiger partial charge < -0.3 is 35.4 Å². The molecule has 0 radical (unpaired) electrons. The van der Waals surface area contributed by atoms with E-state index in [9.17, 15) is 33.9 Å². The standard InChI is InChI=1S/C62H75N9O7S/c1-39-48(13-12-14-49(39)66-56(74)44-24-26-46(27-25-44)61(3,4)5)51-37-68(9)59(77)50(65-51)33-41-16-22-45(23-17-41)58(76)70-31-29-69(30-32-70)28-11-10-15-53(73)67-55(62(6,7)8)60(78)71-36-47(72)34-52(71)57(75)63-35-42-18-20-43(21-19-42)54-40(2)64-38-79-54/h12-14,16-27,37-38,47,52,55,72H,10-11,15,28-36H2,1-9H3,(H,63,75)(H,66,74)(H,67,73)/t47-,52+,55-/m1/s1. The molecular formula is C62H75N9O7S. The maximum Gasteiger partial charge on any atom is 0.272 e. The van der Waals surface area contributed by atoms with Gasteiger partial charge in [0.1, 0.15) is 17.8 Å². The fraction of sp³-hybridized carbons (Fsp3) is 0.419. The molecule has 4 heterocycles. The quantitative estimate of drug-likeness (QED) is 0.0648. The van der Waals surface area contributed by atoms with Gasteiger partial charge in [-0.25, -0.2) is 9.97 Å². The first-order valence-electron chi connectivity index (χ1n) is 27.3. The molecule has 8 rings (SSSR count). The Morgan fingerprint density at radius 1 is 0.823 bits per heavy atom. The van der Waals surface area contributed by atoms with E-state index in [1.807, 2.05) is 124 Å². The highest BCUT2D eigenvalue weighted by Gasteiger charge is 2.44. The molecule has 79 heavy (non-hydrogen) atoms. The number of rotatable bonds is 17. The van der Waals surface area contributed by atoms with Gasteiger partial charge in [-0.15, -0.1) is 11.3 Å². The van der Waals surface area contributed by atoms with Crippen molar-refractivity contribution in [1.29, 1.82) is 0 Å². The fourth-order valence-electron chi connectivity index (χ4n) is 10.2. The molecule has 5 amide bonds. The summed E-state index contributed by atoms with van der Waals surface area (Å²) in [5, 5.41) is 19.6. The van der Waals surface area contributed by atoms with Crippen molar-refractivity contribution in [1.82, 2.24) is 39.9 Å². The lowest BCUT2D eigenvalue weighted by atomic mass is 9.85. The molecule has 0 saturated carbocycles. The molecule has 6 aromatic rings. The molecule has 2 fully saturated rings. The number of β-amino-alcohol motifs (C(OH)–C–C–N with tert-alkyl or cyclic N) is 1. The molecular weight excluding hydrogens is 1010 g/mol. The Morgan fingerprint density at radius 2 is 1.49 bits per heavy atom. The van der Waals surface area contributed by atoms with Gasteiger partial charge in [0.2, 0.25) is 17.7 Å². The zero-order valence-electron chi connectivity index (χ0n) is 47.0. The van der Waals surface area contributed by atoms with Crippen molar-refractivity contribution in [2.45, 2.75) is 118 Å². The van der Waals surface area contributed by atoms with Gasteiger partial charge in [-0.1, -0.05) is 102 Å². The maximum absolute atomic E-state index is 14.1. The number of hydrogen-bond donors (Lipinski definition) is 4. The van der Waals surface area contributed by atoms with Crippen molar-refractivity contribution >= 4 is 46.6 Å². The van der Waals surface area contributed by atoms with E-state index in [-0.39, 0.29) is 67.0 Å². The fourth-order valence-corrected chi connectivity index (χ4v) is 11.0. The Morgan fingerprint density at radius 3 is 2.14 bits per heavy atom. The highest BCUT2D eigenvalue weighted by molar-refractivity contribution is 7.13. The second-order valence-corrected chi connectivity index (χ2v) is 24.0. The minimum Gasteiger partial charge on any atom is -0.391 e. The zero-order chi connectivity index (χ0) is 56.8. The van der Waals surface area contributed by atoms with Gasteiger partial charge in [-0.3, -0.25) is 33.7 Å². The highest BCUT2D eigenvalue weighted by atomic mass is 32.1. The Hall–Kier alpha value is -7.34. The highest BCUT2D eigenvalue weighted by Crippen LogP contribution is 2.31. The van der Waals surface area contributed by atoms with Crippen molar-refractivity contribution in [2.24, 2.45) is 12.5 Å². The first-order valence-corrected chi connectivity index (χ1v) is 28.2. The number of piperazine rings is 1. The molecule has 2 aromatic heterocycles. The monoisotopic (exact) mass is 1090 g/mol. The molecule has 4 N–H and O–H groups in total. The molecule has 17 heteroatoms. The number of likely N-dealkylation sites (tertiary alicyclic amines) is 1. The van der Waals surface area contributed by atoms with Crippen LogP contribution in [-0.2, 0) is 39.8 Å². The van der Waals surface area contributed by atoms with Crippen LogP contribution in [0.5, 0.6) is 0 Å². The van der Waals surface area contributed by atoms with Crippen molar-refractivity contribution in [2.75, 3.05) is 44.6 Å². The van der Waals surface area contributed by atoms with Gasteiger partial charge in [-0.05, 0) is 102 Å². The van der Waals surface area contributed by atoms with E-state index in [1.54, 1.807) is 36.7 Å². The van der Waals surface area contributed by atoms with Crippen LogP contribution in [0.4, 0.5) is 5.69 Å². The van der Waals surface area contributed by atoms with Crippen molar-refractivity contribution in [3.63, 3.8) is 0 Å². The number of aryl methyl sites for hydroxylation is 2. The predicted molar refractivity (Wildman–Crippen MR) is 310 cm³/mol. The number of hydrogen-bond acceptors (Lipinski definition) is 11. The number of unbranched alkanes of at least 4 members (excludes halogenated alkanes) is 1. The van der Waals surface area contributed by atoms with Crippen LogP contribution in [0.3, 0.4) is 0 Å². The average molecular weight is 1090 g/mol. The van der Waals surface area contributed by atoms with Crippen LogP contribution in [0.1, 0.15) is 122 Å². The van der Waals surface area contributed by atoms with E-state index in [2.05, 4.69) is 46.6 Å². The minimum atomic E-state index is -0.903. The lowest BCUT2D eigenvalue weighted by Crippen LogP contribution is -2.57. The Kier molecular flexibility index (Phi) is 18.1. The minimum absolute atomic E-state index is 0.00244. The summed E-state index contributed by atoms with van der Waals surface area (Å²) in [4.78, 5) is 97.2. The summed E-state index contributed by atoms with van der Waals surface area (Å²) in [7, 11) is 1.70. The van der Waals surface area contributed by atoms with Crippen LogP contribution in [-0.4, -0.2) is 121 Å². The van der Waals surface area contributed by atoms with Gasteiger partial charge in [0.25, 0.3) is 17.4 Å². The van der Waals surface area contributed by atoms with Gasteiger partial charge in [0.15, 0.2) is 0 Å². The number of nitrogens with zero attached hydrogens (tertiary/aromatic N) is 6. The molecule has 3 atom stereocenters. The second-order valence-electron chi connectivity index (χ2n) is 23.2. The summed E-state index contributed by atoms with van der Waals surface area (Å²) in [5.74, 6) is -1.28. The van der Waals surface area contributed by atoms with Crippen LogP contribution in [0.15, 0.2) is 107 Å². The summed E-state index contributed by atoms with van der Waals surface area (Å²) >= 11 is 1.57. The van der Waals surface area contributed by atoms with Crippen LogP contribution >= 0.6 is 11.3 Å². The lowest BCUT2D eigenvalue weighted by Gasteiger charge is -2.35. The normalized spacial score (nSPS) is 16.4. The number of aliphatic hydroxyl groups is 1. The molecule has 2 aliphatic rings. The molecule has 416 valence electrons. The van der Waals surface area contributed by atoms with Gasteiger partial charge in [0, 0.05) is 94.2 Å². The van der Waals surface area contributed by atoms with E-state index in [4.69, 9.17) is 4.98 Å². The summed E-state index contributed by atoms with van der Waals surface area (Å²) in [6.07, 6.45) is 2.80. The summed E-state index contributed by atoms with van der Waals surface area (Å²) in [6, 6.07) is 26.7.